The summed E-state index contributed by atoms with van der Waals surface area (Å²) in [5, 5.41) is 0. The Morgan fingerprint density at radius 1 is 1.38 bits per heavy atom. The standard InChI is InChI=1S/C17H23N3O/c1-2-20(15-8-4-3-5-9-15)17(21)16-11-10-14(13-19-16)7-6-12-18/h10-11,13,15H,2-5,8-9,12,18H2,1H3. The monoisotopic (exact) mass is 285 g/mol. The largest absolute Gasteiger partial charge is 0.335 e. The average molecular weight is 285 g/mol. The quantitative estimate of drug-likeness (QED) is 0.866. The highest BCUT2D eigenvalue weighted by Gasteiger charge is 2.25. The first-order valence-corrected chi connectivity index (χ1v) is 7.72. The fraction of sp³-hybridized carbons (Fsp3) is 0.529. The molecule has 0 saturated heterocycles. The fourth-order valence-electron chi connectivity index (χ4n) is 2.85. The van der Waals surface area contributed by atoms with Gasteiger partial charge >= 0.3 is 0 Å². The van der Waals surface area contributed by atoms with E-state index in [0.29, 0.717) is 18.3 Å². The number of hydrogen-bond acceptors (Lipinski definition) is 3. The molecular formula is C17H23N3O. The van der Waals surface area contributed by atoms with E-state index in [9.17, 15) is 4.79 Å². The van der Waals surface area contributed by atoms with Crippen LogP contribution in [0.25, 0.3) is 0 Å². The zero-order chi connectivity index (χ0) is 15.1. The van der Waals surface area contributed by atoms with Gasteiger partial charge in [-0.2, -0.15) is 0 Å². The number of carbonyl (C=O) groups is 1. The van der Waals surface area contributed by atoms with E-state index in [1.165, 1.54) is 19.3 Å². The topological polar surface area (TPSA) is 59.2 Å². The zero-order valence-electron chi connectivity index (χ0n) is 12.6. The first-order valence-electron chi connectivity index (χ1n) is 7.72. The predicted molar refractivity (Wildman–Crippen MR) is 83.8 cm³/mol. The number of pyridine rings is 1. The van der Waals surface area contributed by atoms with Gasteiger partial charge in [-0.3, -0.25) is 4.79 Å². The van der Waals surface area contributed by atoms with Crippen molar-refractivity contribution in [2.75, 3.05) is 13.1 Å². The van der Waals surface area contributed by atoms with Crippen molar-refractivity contribution in [3.05, 3.63) is 29.6 Å². The lowest BCUT2D eigenvalue weighted by molar-refractivity contribution is 0.0642. The molecule has 1 aromatic rings. The SMILES string of the molecule is CCN(C(=O)c1ccc(C#CCN)cn1)C1CCCCC1. The van der Waals surface area contributed by atoms with Crippen LogP contribution in [0.2, 0.25) is 0 Å². The van der Waals surface area contributed by atoms with Gasteiger partial charge in [-0.05, 0) is 31.9 Å². The van der Waals surface area contributed by atoms with Crippen LogP contribution >= 0.6 is 0 Å². The van der Waals surface area contributed by atoms with Gasteiger partial charge in [-0.25, -0.2) is 4.98 Å². The smallest absolute Gasteiger partial charge is 0.272 e. The van der Waals surface area contributed by atoms with Crippen LogP contribution in [0.4, 0.5) is 0 Å². The summed E-state index contributed by atoms with van der Waals surface area (Å²) in [5.74, 6) is 5.73. The van der Waals surface area contributed by atoms with Crippen molar-refractivity contribution in [3.8, 4) is 11.8 Å². The second-order valence-electron chi connectivity index (χ2n) is 5.32. The van der Waals surface area contributed by atoms with E-state index < -0.39 is 0 Å². The first-order chi connectivity index (χ1) is 10.3. The third-order valence-electron chi connectivity index (χ3n) is 3.93. The minimum atomic E-state index is 0.0303. The summed E-state index contributed by atoms with van der Waals surface area (Å²) in [6, 6.07) is 3.96. The third-order valence-corrected chi connectivity index (χ3v) is 3.93. The Balaban J connectivity index is 2.09. The van der Waals surface area contributed by atoms with Crippen LogP contribution in [0.3, 0.4) is 0 Å². The zero-order valence-corrected chi connectivity index (χ0v) is 12.6. The van der Waals surface area contributed by atoms with Crippen molar-refractivity contribution in [1.82, 2.24) is 9.88 Å². The van der Waals surface area contributed by atoms with Crippen LogP contribution in [0.5, 0.6) is 0 Å². The summed E-state index contributed by atoms with van der Waals surface area (Å²) < 4.78 is 0. The highest BCUT2D eigenvalue weighted by molar-refractivity contribution is 5.92. The first kappa shape index (κ1) is 15.5. The Morgan fingerprint density at radius 2 is 2.14 bits per heavy atom. The van der Waals surface area contributed by atoms with E-state index in [0.717, 1.165) is 24.9 Å². The number of nitrogens with zero attached hydrogens (tertiary/aromatic N) is 2. The molecule has 112 valence electrons. The van der Waals surface area contributed by atoms with Crippen LogP contribution in [-0.4, -0.2) is 34.9 Å². The minimum Gasteiger partial charge on any atom is -0.335 e. The van der Waals surface area contributed by atoms with Crippen molar-refractivity contribution in [1.29, 1.82) is 0 Å². The van der Waals surface area contributed by atoms with Gasteiger partial charge in [0.2, 0.25) is 0 Å². The molecule has 1 heterocycles. The fourth-order valence-corrected chi connectivity index (χ4v) is 2.85. The molecule has 4 nitrogen and oxygen atoms in total. The number of hydrogen-bond donors (Lipinski definition) is 1. The van der Waals surface area contributed by atoms with E-state index in [2.05, 4.69) is 16.8 Å². The van der Waals surface area contributed by atoms with Gasteiger partial charge in [-0.15, -0.1) is 0 Å². The van der Waals surface area contributed by atoms with Crippen LogP contribution in [0.1, 0.15) is 55.1 Å². The maximum atomic E-state index is 12.6. The number of nitrogens with two attached hydrogens (primary N) is 1. The second-order valence-corrected chi connectivity index (χ2v) is 5.32. The minimum absolute atomic E-state index is 0.0303. The maximum Gasteiger partial charge on any atom is 0.272 e. The average Bonchev–Trinajstić information content (AvgIpc) is 2.55. The molecule has 0 spiro atoms. The lowest BCUT2D eigenvalue weighted by Crippen LogP contribution is -2.41. The molecule has 2 rings (SSSR count). The van der Waals surface area contributed by atoms with Crippen molar-refractivity contribution < 1.29 is 4.79 Å². The van der Waals surface area contributed by atoms with Crippen molar-refractivity contribution in [2.45, 2.75) is 45.1 Å². The highest BCUT2D eigenvalue weighted by atomic mass is 16.2. The van der Waals surface area contributed by atoms with Gasteiger partial charge in [0, 0.05) is 24.3 Å². The molecular weight excluding hydrogens is 262 g/mol. The van der Waals surface area contributed by atoms with Gasteiger partial charge in [0.1, 0.15) is 5.69 Å². The van der Waals surface area contributed by atoms with Gasteiger partial charge in [-0.1, -0.05) is 31.1 Å². The molecule has 1 aliphatic carbocycles. The van der Waals surface area contributed by atoms with Crippen LogP contribution in [0.15, 0.2) is 18.3 Å². The van der Waals surface area contributed by atoms with E-state index >= 15 is 0 Å². The molecule has 0 atom stereocenters. The van der Waals surface area contributed by atoms with E-state index in [1.807, 2.05) is 17.9 Å². The maximum absolute atomic E-state index is 12.6. The van der Waals surface area contributed by atoms with Crippen molar-refractivity contribution >= 4 is 5.91 Å². The molecule has 0 unspecified atom stereocenters. The molecule has 4 heteroatoms. The number of carbonyl (C=O) groups excluding carboxylic acids is 1. The Morgan fingerprint density at radius 3 is 2.71 bits per heavy atom. The normalized spacial score (nSPS) is 15.1. The van der Waals surface area contributed by atoms with Gasteiger partial charge < -0.3 is 10.6 Å². The Hall–Kier alpha value is -1.86. The van der Waals surface area contributed by atoms with Crippen molar-refractivity contribution in [3.63, 3.8) is 0 Å². The van der Waals surface area contributed by atoms with Gasteiger partial charge in [0.15, 0.2) is 0 Å². The number of amides is 1. The molecule has 1 saturated carbocycles. The van der Waals surface area contributed by atoms with Crippen LogP contribution in [-0.2, 0) is 0 Å². The molecule has 0 aromatic carbocycles. The van der Waals surface area contributed by atoms with Crippen LogP contribution < -0.4 is 5.73 Å². The predicted octanol–water partition coefficient (Wildman–Crippen LogP) is 2.19. The number of aromatic nitrogens is 1. The van der Waals surface area contributed by atoms with E-state index in [4.69, 9.17) is 5.73 Å². The highest BCUT2D eigenvalue weighted by Crippen LogP contribution is 2.23. The molecule has 1 aliphatic rings. The second kappa shape index (κ2) is 7.80. The number of rotatable bonds is 3. The molecule has 0 aliphatic heterocycles. The Kier molecular flexibility index (Phi) is 5.77. The lowest BCUT2D eigenvalue weighted by Gasteiger charge is -2.33. The Labute approximate surface area is 126 Å². The van der Waals surface area contributed by atoms with E-state index in [1.54, 1.807) is 12.3 Å². The Bertz CT molecular complexity index is 521. The summed E-state index contributed by atoms with van der Waals surface area (Å²) in [4.78, 5) is 18.8. The molecule has 2 N–H and O–H groups in total. The summed E-state index contributed by atoms with van der Waals surface area (Å²) >= 11 is 0. The molecule has 1 fully saturated rings. The lowest BCUT2D eigenvalue weighted by atomic mass is 9.94. The summed E-state index contributed by atoms with van der Waals surface area (Å²) in [6.07, 6.45) is 7.59. The summed E-state index contributed by atoms with van der Waals surface area (Å²) in [7, 11) is 0. The molecule has 21 heavy (non-hydrogen) atoms. The van der Waals surface area contributed by atoms with Crippen LogP contribution in [0, 0.1) is 11.8 Å². The third kappa shape index (κ3) is 4.05. The molecule has 0 bridgehead atoms. The molecule has 0 radical (unpaired) electrons. The van der Waals surface area contributed by atoms with Crippen molar-refractivity contribution in [2.24, 2.45) is 5.73 Å². The van der Waals surface area contributed by atoms with Gasteiger partial charge in [0.05, 0.1) is 6.54 Å². The summed E-state index contributed by atoms with van der Waals surface area (Å²) in [5.41, 5.74) is 6.63. The summed E-state index contributed by atoms with van der Waals surface area (Å²) in [6.45, 7) is 3.10. The van der Waals surface area contributed by atoms with E-state index in [-0.39, 0.29) is 5.91 Å². The van der Waals surface area contributed by atoms with Gasteiger partial charge in [0.25, 0.3) is 5.91 Å². The molecule has 1 aromatic heterocycles. The molecule has 1 amide bonds.